The second kappa shape index (κ2) is 6.02. The fourth-order valence-electron chi connectivity index (χ4n) is 2.01. The molecular weight excluding hydrogens is 324 g/mol. The van der Waals surface area contributed by atoms with Crippen molar-refractivity contribution in [1.29, 1.82) is 0 Å². The van der Waals surface area contributed by atoms with Crippen LogP contribution >= 0.6 is 15.9 Å². The molecule has 1 aromatic carbocycles. The summed E-state index contributed by atoms with van der Waals surface area (Å²) in [5, 5.41) is 21.4. The first-order chi connectivity index (χ1) is 9.54. The first kappa shape index (κ1) is 14.5. The highest BCUT2D eigenvalue weighted by atomic mass is 79.9. The van der Waals surface area contributed by atoms with Gasteiger partial charge in [0, 0.05) is 18.5 Å². The zero-order chi connectivity index (χ0) is 14.7. The summed E-state index contributed by atoms with van der Waals surface area (Å²) in [6.07, 6.45) is 4.32. The van der Waals surface area contributed by atoms with E-state index < -0.39 is 11.0 Å². The van der Waals surface area contributed by atoms with Gasteiger partial charge in [-0.2, -0.15) is 0 Å². The van der Waals surface area contributed by atoms with Gasteiger partial charge >= 0.3 is 0 Å². The largest absolute Gasteiger partial charge is 0.386 e. The Hall–Kier alpha value is -1.92. The van der Waals surface area contributed by atoms with Crippen molar-refractivity contribution in [2.24, 2.45) is 0 Å². The zero-order valence-electron chi connectivity index (χ0n) is 10.5. The minimum absolute atomic E-state index is 0.0723. The van der Waals surface area contributed by atoms with Crippen LogP contribution < -0.4 is 0 Å². The molecule has 2 rings (SSSR count). The van der Waals surface area contributed by atoms with Gasteiger partial charge in [-0.1, -0.05) is 12.1 Å². The summed E-state index contributed by atoms with van der Waals surface area (Å²) in [4.78, 5) is 10.4. The van der Waals surface area contributed by atoms with Crippen LogP contribution in [-0.2, 0) is 0 Å². The van der Waals surface area contributed by atoms with E-state index in [1.54, 1.807) is 22.8 Å². The minimum Gasteiger partial charge on any atom is -0.386 e. The van der Waals surface area contributed by atoms with Gasteiger partial charge in [-0.3, -0.25) is 10.1 Å². The van der Waals surface area contributed by atoms with Crippen molar-refractivity contribution in [3.63, 3.8) is 0 Å². The van der Waals surface area contributed by atoms with E-state index in [0.29, 0.717) is 10.0 Å². The summed E-state index contributed by atoms with van der Waals surface area (Å²) in [6, 6.07) is 7.88. The maximum absolute atomic E-state index is 10.9. The topological polar surface area (TPSA) is 68.3 Å². The molecular formula is C14H13BrN2O3. The van der Waals surface area contributed by atoms with Gasteiger partial charge in [-0.25, -0.2) is 0 Å². The number of benzene rings is 1. The number of aliphatic hydroxyl groups excluding tert-OH is 1. The van der Waals surface area contributed by atoms with Crippen molar-refractivity contribution in [2.45, 2.75) is 12.1 Å². The molecule has 0 amide bonds. The predicted molar refractivity (Wildman–Crippen MR) is 79.4 cm³/mol. The van der Waals surface area contributed by atoms with E-state index in [9.17, 15) is 15.2 Å². The number of nitro groups is 1. The lowest BCUT2D eigenvalue weighted by molar-refractivity contribution is -0.385. The number of hydrogen-bond acceptors (Lipinski definition) is 3. The molecule has 0 saturated heterocycles. The monoisotopic (exact) mass is 336 g/mol. The molecule has 1 heterocycles. The number of aliphatic hydroxyl groups is 1. The lowest BCUT2D eigenvalue weighted by Crippen LogP contribution is -2.14. The second-order valence-corrected chi connectivity index (χ2v) is 5.12. The first-order valence-corrected chi connectivity index (χ1v) is 6.71. The van der Waals surface area contributed by atoms with E-state index in [2.05, 4.69) is 22.5 Å². The molecule has 2 atom stereocenters. The molecule has 0 aliphatic heterocycles. The maximum atomic E-state index is 10.9. The summed E-state index contributed by atoms with van der Waals surface area (Å²) in [6.45, 7) is 3.71. The van der Waals surface area contributed by atoms with Gasteiger partial charge in [-0.15, -0.1) is 6.58 Å². The molecule has 0 unspecified atom stereocenters. The summed E-state index contributed by atoms with van der Waals surface area (Å²) in [5.41, 5.74) is 0.398. The molecule has 1 aromatic heterocycles. The molecule has 6 heteroatoms. The quantitative estimate of drug-likeness (QED) is 0.515. The Morgan fingerprint density at radius 3 is 2.60 bits per heavy atom. The summed E-state index contributed by atoms with van der Waals surface area (Å²) in [5.74, 6) is 0. The van der Waals surface area contributed by atoms with Crippen LogP contribution in [0.1, 0.15) is 17.7 Å². The smallest absolute Gasteiger partial charge is 0.283 e. The molecule has 2 aromatic rings. The van der Waals surface area contributed by atoms with Crippen LogP contribution in [0, 0.1) is 10.1 Å². The van der Waals surface area contributed by atoms with E-state index in [4.69, 9.17) is 0 Å². The van der Waals surface area contributed by atoms with Crippen molar-refractivity contribution < 1.29 is 10.0 Å². The molecule has 1 N–H and O–H groups in total. The third kappa shape index (κ3) is 2.81. The molecule has 0 radical (unpaired) electrons. The van der Waals surface area contributed by atoms with E-state index in [1.165, 1.54) is 6.07 Å². The molecule has 20 heavy (non-hydrogen) atoms. The number of nitrogens with zero attached hydrogens (tertiary/aromatic N) is 2. The maximum Gasteiger partial charge on any atom is 0.283 e. The fourth-order valence-corrected chi connectivity index (χ4v) is 2.40. The van der Waals surface area contributed by atoms with Gasteiger partial charge in [0.05, 0.1) is 15.4 Å². The Morgan fingerprint density at radius 1 is 1.40 bits per heavy atom. The highest BCUT2D eigenvalue weighted by Crippen LogP contribution is 2.33. The average molecular weight is 337 g/mol. The van der Waals surface area contributed by atoms with E-state index >= 15 is 0 Å². The standard InChI is InChI=1S/C14H13BrN2O3/c1-2-12(16-7-3-4-8-16)14(18)10-5-6-11(15)13(9-10)17(19)20/h2-9,12,14,18H,1H2/t12-,14+/m0/s1. The molecule has 0 bridgehead atoms. The number of hydrogen-bond donors (Lipinski definition) is 1. The van der Waals surface area contributed by atoms with Gasteiger partial charge in [0.25, 0.3) is 5.69 Å². The van der Waals surface area contributed by atoms with Crippen LogP contribution in [0.25, 0.3) is 0 Å². The molecule has 104 valence electrons. The molecule has 0 aliphatic carbocycles. The lowest BCUT2D eigenvalue weighted by atomic mass is 10.0. The van der Waals surface area contributed by atoms with Crippen LogP contribution in [0.3, 0.4) is 0 Å². The normalized spacial score (nSPS) is 13.7. The molecule has 0 fully saturated rings. The third-order valence-corrected chi connectivity index (χ3v) is 3.72. The van der Waals surface area contributed by atoms with Gasteiger partial charge in [-0.05, 0) is 39.7 Å². The molecule has 0 saturated carbocycles. The second-order valence-electron chi connectivity index (χ2n) is 4.27. The van der Waals surface area contributed by atoms with Gasteiger partial charge in [0.2, 0.25) is 0 Å². The van der Waals surface area contributed by atoms with Crippen LogP contribution in [0.4, 0.5) is 5.69 Å². The fraction of sp³-hybridized carbons (Fsp3) is 0.143. The molecule has 5 nitrogen and oxygen atoms in total. The number of nitro benzene ring substituents is 1. The first-order valence-electron chi connectivity index (χ1n) is 5.91. The van der Waals surface area contributed by atoms with Crippen molar-refractivity contribution in [1.82, 2.24) is 4.57 Å². The molecule has 0 spiro atoms. The van der Waals surface area contributed by atoms with E-state index in [0.717, 1.165) is 0 Å². The Labute approximate surface area is 124 Å². The SMILES string of the molecule is C=C[C@@H]([C@H](O)c1ccc(Br)c([N+](=O)[O-])c1)n1cccc1. The number of rotatable bonds is 5. The van der Waals surface area contributed by atoms with Gasteiger partial charge in [0.15, 0.2) is 0 Å². The third-order valence-electron chi connectivity index (χ3n) is 3.05. The highest BCUT2D eigenvalue weighted by Gasteiger charge is 2.22. The Bertz CT molecular complexity index is 625. The summed E-state index contributed by atoms with van der Waals surface area (Å²) in [7, 11) is 0. The highest BCUT2D eigenvalue weighted by molar-refractivity contribution is 9.10. The summed E-state index contributed by atoms with van der Waals surface area (Å²) < 4.78 is 2.18. The predicted octanol–water partition coefficient (Wildman–Crippen LogP) is 3.62. The summed E-state index contributed by atoms with van der Waals surface area (Å²) >= 11 is 3.12. The van der Waals surface area contributed by atoms with E-state index in [1.807, 2.05) is 24.5 Å². The van der Waals surface area contributed by atoms with Crippen molar-refractivity contribution in [3.8, 4) is 0 Å². The number of halogens is 1. The Kier molecular flexibility index (Phi) is 4.36. The van der Waals surface area contributed by atoms with Gasteiger partial charge < -0.3 is 9.67 Å². The number of aromatic nitrogens is 1. The van der Waals surface area contributed by atoms with E-state index in [-0.39, 0.29) is 11.7 Å². The van der Waals surface area contributed by atoms with Crippen LogP contribution in [0.15, 0.2) is 59.9 Å². The van der Waals surface area contributed by atoms with Crippen molar-refractivity contribution in [2.75, 3.05) is 0 Å². The average Bonchev–Trinajstić information content (AvgIpc) is 2.93. The molecule has 0 aliphatic rings. The Morgan fingerprint density at radius 2 is 2.05 bits per heavy atom. The minimum atomic E-state index is -0.910. The zero-order valence-corrected chi connectivity index (χ0v) is 12.1. The lowest BCUT2D eigenvalue weighted by Gasteiger charge is -2.21. The van der Waals surface area contributed by atoms with Gasteiger partial charge in [0.1, 0.15) is 6.10 Å². The van der Waals surface area contributed by atoms with Crippen molar-refractivity contribution >= 4 is 21.6 Å². The van der Waals surface area contributed by atoms with Crippen molar-refractivity contribution in [3.05, 3.63) is 75.5 Å². The van der Waals surface area contributed by atoms with Crippen LogP contribution in [0.2, 0.25) is 0 Å². The van der Waals surface area contributed by atoms with Crippen LogP contribution in [-0.4, -0.2) is 14.6 Å². The Balaban J connectivity index is 2.37. The van der Waals surface area contributed by atoms with Crippen LogP contribution in [0.5, 0.6) is 0 Å².